The van der Waals surface area contributed by atoms with Gasteiger partial charge in [-0.25, -0.2) is 0 Å². The van der Waals surface area contributed by atoms with Crippen LogP contribution >= 0.6 is 0 Å². The first kappa shape index (κ1) is 13.0. The molecule has 1 aromatic carbocycles. The van der Waals surface area contributed by atoms with Crippen molar-refractivity contribution in [1.29, 1.82) is 0 Å². The Balaban J connectivity index is 0.00000144. The summed E-state index contributed by atoms with van der Waals surface area (Å²) in [7, 11) is 0. The van der Waals surface area contributed by atoms with E-state index in [0.717, 1.165) is 0 Å². The van der Waals surface area contributed by atoms with Crippen LogP contribution in [-0.2, 0) is 6.42 Å². The zero-order chi connectivity index (χ0) is 8.65. The Morgan fingerprint density at radius 1 is 0.923 bits per heavy atom. The molecule has 0 unspecified atom stereocenters. The Morgan fingerprint density at radius 3 is 2.23 bits per heavy atom. The minimum absolute atomic E-state index is 0. The Bertz CT molecular complexity index is 194. The maximum absolute atomic E-state index is 2.25. The summed E-state index contributed by atoms with van der Waals surface area (Å²) in [6.45, 7) is 2.25. The van der Waals surface area contributed by atoms with Crippen LogP contribution in [-0.4, -0.2) is 23.1 Å². The highest BCUT2D eigenvalue weighted by atomic mass is 24.3. The largest absolute Gasteiger partial charge is 0.316 e. The minimum atomic E-state index is 0. The number of benzene rings is 1. The second-order valence-electron chi connectivity index (χ2n) is 3.30. The molecule has 0 nitrogen and oxygen atoms in total. The average Bonchev–Trinajstić information content (AvgIpc) is 2.14. The number of rotatable bonds is 5. The van der Waals surface area contributed by atoms with Gasteiger partial charge in [0.2, 0.25) is 0 Å². The fourth-order valence-electron chi connectivity index (χ4n) is 1.40. The molecule has 0 spiro atoms. The first-order chi connectivity index (χ1) is 5.93. The molecule has 0 saturated heterocycles. The molecule has 0 saturated carbocycles. The molecule has 0 aromatic heterocycles. The first-order valence-electron chi connectivity index (χ1n) is 4.97. The maximum atomic E-state index is 2.25. The molecule has 0 atom stereocenters. The smallest absolute Gasteiger partial charge is 0.0654 e. The molecular formula is C12H20Mg. The summed E-state index contributed by atoms with van der Waals surface area (Å²) in [6.07, 6.45) is 6.69. The molecule has 70 valence electrons. The lowest BCUT2D eigenvalue weighted by Gasteiger charge is -1.99. The lowest BCUT2D eigenvalue weighted by molar-refractivity contribution is 0.667. The quantitative estimate of drug-likeness (QED) is 0.492. The molecule has 0 radical (unpaired) electrons. The molecule has 0 aliphatic carbocycles. The predicted molar refractivity (Wildman–Crippen MR) is 62.8 cm³/mol. The van der Waals surface area contributed by atoms with Crippen LogP contribution in [0.1, 0.15) is 38.2 Å². The third-order valence-corrected chi connectivity index (χ3v) is 2.16. The molecule has 0 aliphatic heterocycles. The molecule has 13 heavy (non-hydrogen) atoms. The maximum Gasteiger partial charge on any atom is 0.316 e. The Labute approximate surface area is 97.9 Å². The van der Waals surface area contributed by atoms with Crippen molar-refractivity contribution in [1.82, 2.24) is 0 Å². The highest BCUT2D eigenvalue weighted by Gasteiger charge is 1.90. The third kappa shape index (κ3) is 6.11. The number of unbranched alkanes of at least 4 members (excludes halogenated alkanes) is 3. The summed E-state index contributed by atoms with van der Waals surface area (Å²) in [5.74, 6) is 0. The molecule has 1 aromatic rings. The van der Waals surface area contributed by atoms with Crippen LogP contribution in [0, 0.1) is 0 Å². The minimum Gasteiger partial charge on any atom is -0.0654 e. The standard InChI is InChI=1S/C12H18.Mg.2H/c1-2-3-4-6-9-12-10-7-5-8-11-12;;;/h5,7-8,10-11H,2-4,6,9H2,1H3;;;. The molecule has 0 bridgehead atoms. The van der Waals surface area contributed by atoms with Crippen LogP contribution in [0.2, 0.25) is 0 Å². The van der Waals surface area contributed by atoms with Crippen molar-refractivity contribution in [2.24, 2.45) is 0 Å². The van der Waals surface area contributed by atoms with Gasteiger partial charge in [-0.1, -0.05) is 56.5 Å². The van der Waals surface area contributed by atoms with E-state index in [9.17, 15) is 0 Å². The van der Waals surface area contributed by atoms with Gasteiger partial charge in [0.1, 0.15) is 0 Å². The van der Waals surface area contributed by atoms with Crippen molar-refractivity contribution in [2.45, 2.75) is 39.0 Å². The summed E-state index contributed by atoms with van der Waals surface area (Å²) in [4.78, 5) is 0. The van der Waals surface area contributed by atoms with Gasteiger partial charge >= 0.3 is 23.1 Å². The van der Waals surface area contributed by atoms with E-state index in [4.69, 9.17) is 0 Å². The third-order valence-electron chi connectivity index (χ3n) is 2.16. The van der Waals surface area contributed by atoms with E-state index >= 15 is 0 Å². The number of aryl methyl sites for hydroxylation is 1. The summed E-state index contributed by atoms with van der Waals surface area (Å²) in [5, 5.41) is 0. The van der Waals surface area contributed by atoms with Gasteiger partial charge in [0.25, 0.3) is 0 Å². The van der Waals surface area contributed by atoms with Gasteiger partial charge in [-0.3, -0.25) is 0 Å². The van der Waals surface area contributed by atoms with Gasteiger partial charge < -0.3 is 0 Å². The van der Waals surface area contributed by atoms with Crippen molar-refractivity contribution in [3.8, 4) is 0 Å². The first-order valence-corrected chi connectivity index (χ1v) is 4.97. The summed E-state index contributed by atoms with van der Waals surface area (Å²) in [6, 6.07) is 10.7. The van der Waals surface area contributed by atoms with Crippen LogP contribution in [0.15, 0.2) is 30.3 Å². The molecule has 0 fully saturated rings. The normalized spacial score (nSPS) is 9.31. The van der Waals surface area contributed by atoms with Crippen molar-refractivity contribution in [2.75, 3.05) is 0 Å². The van der Waals surface area contributed by atoms with Crippen molar-refractivity contribution in [3.63, 3.8) is 0 Å². The topological polar surface area (TPSA) is 0 Å². The van der Waals surface area contributed by atoms with E-state index < -0.39 is 0 Å². The second kappa shape index (κ2) is 8.58. The van der Waals surface area contributed by atoms with Gasteiger partial charge in [0.05, 0.1) is 0 Å². The molecule has 0 aliphatic rings. The van der Waals surface area contributed by atoms with Crippen LogP contribution in [0.5, 0.6) is 0 Å². The van der Waals surface area contributed by atoms with E-state index in [1.807, 2.05) is 0 Å². The van der Waals surface area contributed by atoms with Crippen molar-refractivity contribution in [3.05, 3.63) is 35.9 Å². The van der Waals surface area contributed by atoms with Gasteiger partial charge in [-0.15, -0.1) is 0 Å². The predicted octanol–water partition coefficient (Wildman–Crippen LogP) is 2.89. The molecular weight excluding hydrogens is 168 g/mol. The SMILES string of the molecule is CCCCCCc1ccccc1.[MgH2]. The van der Waals surface area contributed by atoms with Crippen molar-refractivity contribution < 1.29 is 0 Å². The van der Waals surface area contributed by atoms with E-state index in [-0.39, 0.29) is 23.1 Å². The molecule has 1 heteroatoms. The highest BCUT2D eigenvalue weighted by molar-refractivity contribution is 5.75. The van der Waals surface area contributed by atoms with Crippen LogP contribution in [0.3, 0.4) is 0 Å². The average molecular weight is 189 g/mol. The van der Waals surface area contributed by atoms with Crippen LogP contribution in [0.25, 0.3) is 0 Å². The van der Waals surface area contributed by atoms with Gasteiger partial charge in [-0.05, 0) is 18.4 Å². The Morgan fingerprint density at radius 2 is 1.62 bits per heavy atom. The fourth-order valence-corrected chi connectivity index (χ4v) is 1.40. The van der Waals surface area contributed by atoms with E-state index in [2.05, 4.69) is 37.3 Å². The van der Waals surface area contributed by atoms with Gasteiger partial charge in [-0.2, -0.15) is 0 Å². The molecule has 0 heterocycles. The number of hydrogen-bond donors (Lipinski definition) is 0. The Kier molecular flexibility index (Phi) is 8.57. The molecule has 1 rings (SSSR count). The summed E-state index contributed by atoms with van der Waals surface area (Å²) < 4.78 is 0. The van der Waals surface area contributed by atoms with E-state index in [1.165, 1.54) is 37.7 Å². The van der Waals surface area contributed by atoms with Crippen LogP contribution in [0.4, 0.5) is 0 Å². The van der Waals surface area contributed by atoms with Gasteiger partial charge in [0, 0.05) is 0 Å². The highest BCUT2D eigenvalue weighted by Crippen LogP contribution is 2.06. The summed E-state index contributed by atoms with van der Waals surface area (Å²) in [5.41, 5.74) is 1.48. The van der Waals surface area contributed by atoms with Crippen molar-refractivity contribution >= 4 is 23.1 Å². The summed E-state index contributed by atoms with van der Waals surface area (Å²) >= 11 is 0. The lowest BCUT2D eigenvalue weighted by Crippen LogP contribution is -1.84. The lowest BCUT2D eigenvalue weighted by atomic mass is 10.1. The zero-order valence-corrected chi connectivity index (χ0v) is 7.92. The van der Waals surface area contributed by atoms with E-state index in [1.54, 1.807) is 0 Å². The second-order valence-corrected chi connectivity index (χ2v) is 3.30. The van der Waals surface area contributed by atoms with Crippen LogP contribution < -0.4 is 0 Å². The zero-order valence-electron chi connectivity index (χ0n) is 7.92. The monoisotopic (exact) mass is 188 g/mol. The molecule has 0 N–H and O–H groups in total. The Hall–Kier alpha value is -0.0138. The van der Waals surface area contributed by atoms with Gasteiger partial charge in [0.15, 0.2) is 0 Å². The fraction of sp³-hybridized carbons (Fsp3) is 0.500. The molecule has 0 amide bonds. The van der Waals surface area contributed by atoms with E-state index in [0.29, 0.717) is 0 Å². The number of hydrogen-bond acceptors (Lipinski definition) is 0.